The van der Waals surface area contributed by atoms with Gasteiger partial charge in [-0.3, -0.25) is 0 Å². The number of fused-ring (bicyclic) bond motifs is 1. The molecule has 0 amide bonds. The number of aliphatic hydroxyl groups is 1. The van der Waals surface area contributed by atoms with Crippen LogP contribution >= 0.6 is 0 Å². The fraction of sp³-hybridized carbons (Fsp3) is 0.538. The molecule has 17 heavy (non-hydrogen) atoms. The molecule has 2 heterocycles. The zero-order chi connectivity index (χ0) is 11.8. The van der Waals surface area contributed by atoms with Crippen molar-refractivity contribution in [3.05, 3.63) is 29.6 Å². The van der Waals surface area contributed by atoms with Gasteiger partial charge in [0.05, 0.1) is 12.2 Å². The van der Waals surface area contributed by atoms with Crippen LogP contribution in [0.1, 0.15) is 30.9 Å². The number of aliphatic hydroxyl groups excluding tert-OH is 1. The summed E-state index contributed by atoms with van der Waals surface area (Å²) in [6, 6.07) is 4.26. The van der Waals surface area contributed by atoms with Gasteiger partial charge in [0.15, 0.2) is 0 Å². The molecule has 0 aliphatic carbocycles. The second-order valence-corrected chi connectivity index (χ2v) is 4.64. The number of rotatable bonds is 1. The van der Waals surface area contributed by atoms with E-state index >= 15 is 0 Å². The number of ether oxygens (including phenoxy) is 2. The standard InChI is InChI=1S/C13H15FO3/c14-8-3-4-9-10(15)7-13(17-12(9)6-8)11-2-1-5-16-11/h3-4,6,10-11,13,15H,1-2,5,7H2/t10-,11?,13?/m1/s1. The van der Waals surface area contributed by atoms with Crippen LogP contribution in [0.2, 0.25) is 0 Å². The molecule has 1 aromatic carbocycles. The molecule has 1 saturated heterocycles. The summed E-state index contributed by atoms with van der Waals surface area (Å²) >= 11 is 0. The molecule has 0 spiro atoms. The number of hydrogen-bond donors (Lipinski definition) is 1. The second kappa shape index (κ2) is 4.27. The van der Waals surface area contributed by atoms with E-state index in [1.54, 1.807) is 6.07 Å². The highest BCUT2D eigenvalue weighted by Crippen LogP contribution is 2.37. The van der Waals surface area contributed by atoms with Crippen LogP contribution in [0.15, 0.2) is 18.2 Å². The third-order valence-corrected chi connectivity index (χ3v) is 3.45. The van der Waals surface area contributed by atoms with Crippen LogP contribution in [0, 0.1) is 5.82 Å². The van der Waals surface area contributed by atoms with Gasteiger partial charge in [0, 0.05) is 24.7 Å². The highest BCUT2D eigenvalue weighted by molar-refractivity contribution is 5.37. The molecule has 0 radical (unpaired) electrons. The molecule has 0 saturated carbocycles. The van der Waals surface area contributed by atoms with Gasteiger partial charge in [-0.15, -0.1) is 0 Å². The monoisotopic (exact) mass is 238 g/mol. The minimum atomic E-state index is -0.589. The average molecular weight is 238 g/mol. The van der Waals surface area contributed by atoms with Crippen molar-refractivity contribution in [2.24, 2.45) is 0 Å². The first-order valence-electron chi connectivity index (χ1n) is 6.00. The number of halogens is 1. The molecule has 2 aliphatic rings. The Morgan fingerprint density at radius 1 is 1.29 bits per heavy atom. The van der Waals surface area contributed by atoms with Crippen LogP contribution in [0.4, 0.5) is 4.39 Å². The number of benzene rings is 1. The second-order valence-electron chi connectivity index (χ2n) is 4.64. The van der Waals surface area contributed by atoms with Crippen LogP contribution in [0.5, 0.6) is 5.75 Å². The van der Waals surface area contributed by atoms with Crippen molar-refractivity contribution < 1.29 is 19.0 Å². The van der Waals surface area contributed by atoms with E-state index in [4.69, 9.17) is 9.47 Å². The maximum atomic E-state index is 13.1. The van der Waals surface area contributed by atoms with Crippen molar-refractivity contribution in [1.82, 2.24) is 0 Å². The van der Waals surface area contributed by atoms with Crippen molar-refractivity contribution in [2.75, 3.05) is 6.61 Å². The molecule has 0 bridgehead atoms. The smallest absolute Gasteiger partial charge is 0.128 e. The van der Waals surface area contributed by atoms with Gasteiger partial charge in [0.1, 0.15) is 17.7 Å². The summed E-state index contributed by atoms with van der Waals surface area (Å²) in [5, 5.41) is 10.0. The van der Waals surface area contributed by atoms with Crippen molar-refractivity contribution in [3.8, 4) is 5.75 Å². The van der Waals surface area contributed by atoms with Crippen LogP contribution in [-0.2, 0) is 4.74 Å². The minimum absolute atomic E-state index is 0.0288. The first-order chi connectivity index (χ1) is 8.24. The van der Waals surface area contributed by atoms with Crippen LogP contribution in [0.3, 0.4) is 0 Å². The van der Waals surface area contributed by atoms with E-state index in [2.05, 4.69) is 0 Å². The molecule has 1 N–H and O–H groups in total. The molecule has 0 aromatic heterocycles. The summed E-state index contributed by atoms with van der Waals surface area (Å²) < 4.78 is 24.4. The predicted molar refractivity (Wildman–Crippen MR) is 59.4 cm³/mol. The highest BCUT2D eigenvalue weighted by atomic mass is 19.1. The Morgan fingerprint density at radius 3 is 2.94 bits per heavy atom. The van der Waals surface area contributed by atoms with Gasteiger partial charge >= 0.3 is 0 Å². The lowest BCUT2D eigenvalue weighted by Crippen LogP contribution is -2.36. The van der Waals surface area contributed by atoms with Gasteiger partial charge < -0.3 is 14.6 Å². The molecular weight excluding hydrogens is 223 g/mol. The lowest BCUT2D eigenvalue weighted by atomic mass is 9.95. The van der Waals surface area contributed by atoms with Crippen molar-refractivity contribution in [3.63, 3.8) is 0 Å². The largest absolute Gasteiger partial charge is 0.487 e. The average Bonchev–Trinajstić information content (AvgIpc) is 2.81. The molecule has 3 nitrogen and oxygen atoms in total. The molecular formula is C13H15FO3. The molecule has 4 heteroatoms. The van der Waals surface area contributed by atoms with Crippen LogP contribution in [0.25, 0.3) is 0 Å². The van der Waals surface area contributed by atoms with E-state index in [1.165, 1.54) is 12.1 Å². The van der Waals surface area contributed by atoms with Gasteiger partial charge in [0.25, 0.3) is 0 Å². The van der Waals surface area contributed by atoms with Crippen LogP contribution in [-0.4, -0.2) is 23.9 Å². The zero-order valence-corrected chi connectivity index (χ0v) is 9.43. The van der Waals surface area contributed by atoms with Crippen LogP contribution < -0.4 is 4.74 Å². The van der Waals surface area contributed by atoms with Gasteiger partial charge in [-0.25, -0.2) is 4.39 Å². The molecule has 92 valence electrons. The lowest BCUT2D eigenvalue weighted by molar-refractivity contribution is -0.0273. The fourth-order valence-corrected chi connectivity index (χ4v) is 2.57. The van der Waals surface area contributed by atoms with E-state index in [0.717, 1.165) is 19.4 Å². The Bertz CT molecular complexity index is 415. The van der Waals surface area contributed by atoms with Crippen molar-refractivity contribution in [1.29, 1.82) is 0 Å². The van der Waals surface area contributed by atoms with E-state index in [1.807, 2.05) is 0 Å². The minimum Gasteiger partial charge on any atom is -0.487 e. The molecule has 3 atom stereocenters. The Balaban J connectivity index is 1.85. The van der Waals surface area contributed by atoms with Crippen molar-refractivity contribution >= 4 is 0 Å². The first-order valence-corrected chi connectivity index (χ1v) is 6.00. The maximum absolute atomic E-state index is 13.1. The van der Waals surface area contributed by atoms with Gasteiger partial charge in [-0.2, -0.15) is 0 Å². The first kappa shape index (κ1) is 11.0. The molecule has 3 rings (SSSR count). The topological polar surface area (TPSA) is 38.7 Å². The molecule has 2 aliphatic heterocycles. The summed E-state index contributed by atoms with van der Waals surface area (Å²) in [5.74, 6) is 0.105. The fourth-order valence-electron chi connectivity index (χ4n) is 2.57. The normalized spacial score (nSPS) is 32.0. The van der Waals surface area contributed by atoms with Gasteiger partial charge in [-0.1, -0.05) is 0 Å². The van der Waals surface area contributed by atoms with Crippen molar-refractivity contribution in [2.45, 2.75) is 37.6 Å². The molecule has 1 aromatic rings. The summed E-state index contributed by atoms with van der Waals surface area (Å²) in [4.78, 5) is 0. The van der Waals surface area contributed by atoms with E-state index in [0.29, 0.717) is 17.7 Å². The summed E-state index contributed by atoms with van der Waals surface area (Å²) in [7, 11) is 0. The third kappa shape index (κ3) is 2.03. The summed E-state index contributed by atoms with van der Waals surface area (Å²) in [6.07, 6.45) is 1.76. The van der Waals surface area contributed by atoms with E-state index < -0.39 is 6.10 Å². The lowest BCUT2D eigenvalue weighted by Gasteiger charge is -2.32. The number of hydrogen-bond acceptors (Lipinski definition) is 3. The molecule has 1 fully saturated rings. The van der Waals surface area contributed by atoms with Gasteiger partial charge in [0.2, 0.25) is 0 Å². The predicted octanol–water partition coefficient (Wildman–Crippen LogP) is 2.19. The Labute approximate surface area is 99.2 Å². The SMILES string of the molecule is O[C@@H]1CC(C2CCCO2)Oc2cc(F)ccc21. The van der Waals surface area contributed by atoms with E-state index in [-0.39, 0.29) is 18.0 Å². The summed E-state index contributed by atoms with van der Waals surface area (Å²) in [5.41, 5.74) is 0.667. The Morgan fingerprint density at radius 2 is 2.18 bits per heavy atom. The molecule has 2 unspecified atom stereocenters. The zero-order valence-electron chi connectivity index (χ0n) is 9.43. The highest BCUT2D eigenvalue weighted by Gasteiger charge is 2.34. The third-order valence-electron chi connectivity index (χ3n) is 3.45. The summed E-state index contributed by atoms with van der Waals surface area (Å²) in [6.45, 7) is 0.747. The van der Waals surface area contributed by atoms with Gasteiger partial charge in [-0.05, 0) is 25.0 Å². The Hall–Kier alpha value is -1.13. The maximum Gasteiger partial charge on any atom is 0.128 e. The van der Waals surface area contributed by atoms with E-state index in [9.17, 15) is 9.50 Å². The quantitative estimate of drug-likeness (QED) is 0.815. The Kier molecular flexibility index (Phi) is 2.76.